The van der Waals surface area contributed by atoms with Crippen molar-refractivity contribution in [2.75, 3.05) is 19.7 Å². The molecule has 1 fully saturated rings. The highest BCUT2D eigenvalue weighted by atomic mass is 16.6. The molecule has 2 aromatic carbocycles. The minimum atomic E-state index is -0.580. The number of benzene rings is 2. The molecule has 0 bridgehead atoms. The Morgan fingerprint density at radius 3 is 2.43 bits per heavy atom. The number of carbonyl (C=O) groups is 3. The summed E-state index contributed by atoms with van der Waals surface area (Å²) < 4.78 is 10.8. The van der Waals surface area contributed by atoms with E-state index in [1.54, 1.807) is 24.2 Å². The molecule has 1 N–H and O–H groups in total. The number of hydrogen-bond acceptors (Lipinski definition) is 6. The summed E-state index contributed by atoms with van der Waals surface area (Å²) in [7, 11) is 0. The number of nitrogens with one attached hydrogen (secondary N) is 1. The van der Waals surface area contributed by atoms with Crippen LogP contribution in [0.15, 0.2) is 73.1 Å². The molecule has 3 aromatic rings. The average Bonchev–Trinajstić information content (AvgIpc) is 2.98. The van der Waals surface area contributed by atoms with Crippen molar-refractivity contribution in [3.8, 4) is 0 Å². The smallest absolute Gasteiger partial charge is 0.407 e. The summed E-state index contributed by atoms with van der Waals surface area (Å²) in [5, 5.41) is 2.79. The van der Waals surface area contributed by atoms with Crippen molar-refractivity contribution in [2.45, 2.75) is 65.0 Å². The van der Waals surface area contributed by atoms with Gasteiger partial charge in [-0.05, 0) is 75.3 Å². The molecule has 0 radical (unpaired) electrons. The molecular weight excluding hydrogens is 530 g/mol. The minimum Gasteiger partial charge on any atom is -0.466 e. The molecule has 8 nitrogen and oxygen atoms in total. The lowest BCUT2D eigenvalue weighted by molar-refractivity contribution is -0.150. The molecular formula is C34H41N3O5. The number of carbonyl (C=O) groups excluding carboxylic acids is 3. The number of pyridine rings is 1. The van der Waals surface area contributed by atoms with E-state index in [0.29, 0.717) is 25.1 Å². The zero-order chi connectivity index (χ0) is 30.1. The maximum Gasteiger partial charge on any atom is 0.407 e. The van der Waals surface area contributed by atoms with Gasteiger partial charge in [0.15, 0.2) is 0 Å². The van der Waals surface area contributed by atoms with E-state index in [2.05, 4.69) is 22.4 Å². The first-order chi connectivity index (χ1) is 20.1. The van der Waals surface area contributed by atoms with Crippen LogP contribution in [-0.2, 0) is 33.7 Å². The molecule has 2 heterocycles. The van der Waals surface area contributed by atoms with Crippen molar-refractivity contribution in [3.63, 3.8) is 0 Å². The number of aromatic nitrogens is 1. The lowest BCUT2D eigenvalue weighted by Gasteiger charge is -2.37. The molecule has 1 saturated heterocycles. The summed E-state index contributed by atoms with van der Waals surface area (Å²) in [6, 6.07) is 20.0. The second kappa shape index (κ2) is 14.1. The van der Waals surface area contributed by atoms with Crippen LogP contribution in [0.25, 0.3) is 0 Å². The zero-order valence-corrected chi connectivity index (χ0v) is 25.0. The fourth-order valence-electron chi connectivity index (χ4n) is 5.30. The monoisotopic (exact) mass is 571 g/mol. The van der Waals surface area contributed by atoms with Gasteiger partial charge >= 0.3 is 12.1 Å². The number of amides is 2. The number of aryl methyl sites for hydroxylation is 2. The highest BCUT2D eigenvalue weighted by molar-refractivity contribution is 5.94. The molecule has 4 rings (SSSR count). The molecule has 0 saturated carbocycles. The third-order valence-corrected chi connectivity index (χ3v) is 7.29. The first-order valence-electron chi connectivity index (χ1n) is 14.6. The Labute approximate surface area is 248 Å². The van der Waals surface area contributed by atoms with E-state index < -0.39 is 17.6 Å². The number of piperidine rings is 1. The number of ether oxygens (including phenoxy) is 2. The van der Waals surface area contributed by atoms with Gasteiger partial charge in [0.25, 0.3) is 5.91 Å². The van der Waals surface area contributed by atoms with E-state index in [1.807, 2.05) is 69.3 Å². The summed E-state index contributed by atoms with van der Waals surface area (Å²) in [6.45, 7) is 8.58. The van der Waals surface area contributed by atoms with Crippen LogP contribution in [0.4, 0.5) is 4.79 Å². The van der Waals surface area contributed by atoms with Crippen molar-refractivity contribution in [1.29, 1.82) is 0 Å². The van der Waals surface area contributed by atoms with Gasteiger partial charge in [0, 0.05) is 37.9 Å². The predicted octanol–water partition coefficient (Wildman–Crippen LogP) is 5.70. The Hall–Kier alpha value is -4.20. The first-order valence-corrected chi connectivity index (χ1v) is 14.6. The molecule has 2 amide bonds. The summed E-state index contributed by atoms with van der Waals surface area (Å²) in [6.07, 6.45) is 5.18. The van der Waals surface area contributed by atoms with Crippen LogP contribution in [-0.4, -0.2) is 53.2 Å². The number of esters is 1. The third kappa shape index (κ3) is 8.65. The van der Waals surface area contributed by atoms with Crippen LogP contribution in [0.1, 0.15) is 72.6 Å². The topological polar surface area (TPSA) is 97.8 Å². The Balaban J connectivity index is 1.45. The summed E-state index contributed by atoms with van der Waals surface area (Å²) in [4.78, 5) is 44.9. The highest BCUT2D eigenvalue weighted by Gasteiger charge is 2.38. The number of alkyl carbamates (subject to hydrolysis) is 1. The van der Waals surface area contributed by atoms with Gasteiger partial charge in [-0.15, -0.1) is 0 Å². The second-order valence-electron chi connectivity index (χ2n) is 11.7. The Bertz CT molecular complexity index is 1370. The second-order valence-corrected chi connectivity index (χ2v) is 11.7. The molecule has 222 valence electrons. The SMILES string of the molecule is CCOC(=O)[C@@H]1CN(C(=O)c2cncc(CCc3ccccc3)c2)CC[C@H]1c1cccc(CNC(=O)OC(C)(C)C)c1. The molecule has 42 heavy (non-hydrogen) atoms. The molecule has 0 spiro atoms. The molecule has 1 aromatic heterocycles. The molecule has 0 aliphatic carbocycles. The zero-order valence-electron chi connectivity index (χ0n) is 25.0. The fourth-order valence-corrected chi connectivity index (χ4v) is 5.30. The largest absolute Gasteiger partial charge is 0.466 e. The van der Waals surface area contributed by atoms with E-state index >= 15 is 0 Å². The summed E-state index contributed by atoms with van der Waals surface area (Å²) >= 11 is 0. The van der Waals surface area contributed by atoms with Crippen LogP contribution in [0, 0.1) is 5.92 Å². The van der Waals surface area contributed by atoms with Crippen molar-refractivity contribution in [3.05, 3.63) is 101 Å². The van der Waals surface area contributed by atoms with Crippen molar-refractivity contribution < 1.29 is 23.9 Å². The normalized spacial score (nSPS) is 16.9. The minimum absolute atomic E-state index is 0.120. The molecule has 1 aliphatic heterocycles. The number of nitrogens with zero attached hydrogens (tertiary/aromatic N) is 2. The van der Waals surface area contributed by atoms with Crippen molar-refractivity contribution in [2.24, 2.45) is 5.92 Å². The standard InChI is InChI=1S/C34H41N3O5/c1-5-41-32(39)30-23-37(31(38)28-19-26(20-35-22-28)15-14-24-10-7-6-8-11-24)17-16-29(30)27-13-9-12-25(18-27)21-36-33(40)42-34(2,3)4/h6-13,18-20,22,29-30H,5,14-17,21,23H2,1-4H3,(H,36,40)/t29-,30+/m0/s1. The van der Waals surface area contributed by atoms with Gasteiger partial charge in [0.1, 0.15) is 5.60 Å². The van der Waals surface area contributed by atoms with Gasteiger partial charge in [-0.25, -0.2) is 4.79 Å². The van der Waals surface area contributed by atoms with E-state index in [9.17, 15) is 14.4 Å². The first kappa shape index (κ1) is 30.8. The maximum absolute atomic E-state index is 13.6. The third-order valence-electron chi connectivity index (χ3n) is 7.29. The average molecular weight is 572 g/mol. The Kier molecular flexibility index (Phi) is 10.3. The quantitative estimate of drug-likeness (QED) is 0.331. The van der Waals surface area contributed by atoms with Gasteiger partial charge in [-0.1, -0.05) is 54.6 Å². The van der Waals surface area contributed by atoms with Gasteiger partial charge in [-0.3, -0.25) is 14.6 Å². The maximum atomic E-state index is 13.6. The number of rotatable bonds is 9. The molecule has 0 unspecified atom stereocenters. The molecule has 1 aliphatic rings. The summed E-state index contributed by atoms with van der Waals surface area (Å²) in [5.74, 6) is -1.07. The Morgan fingerprint density at radius 2 is 1.69 bits per heavy atom. The number of hydrogen-bond donors (Lipinski definition) is 1. The van der Waals surface area contributed by atoms with Crippen LogP contribution in [0.5, 0.6) is 0 Å². The van der Waals surface area contributed by atoms with E-state index in [-0.39, 0.29) is 30.9 Å². The van der Waals surface area contributed by atoms with Gasteiger partial charge < -0.3 is 19.7 Å². The Morgan fingerprint density at radius 1 is 0.952 bits per heavy atom. The molecule has 8 heteroatoms. The van der Waals surface area contributed by atoms with Gasteiger partial charge in [0.05, 0.1) is 18.1 Å². The fraction of sp³-hybridized carbons (Fsp3) is 0.412. The van der Waals surface area contributed by atoms with E-state index in [1.165, 1.54) is 5.56 Å². The van der Waals surface area contributed by atoms with Crippen LogP contribution < -0.4 is 5.32 Å². The van der Waals surface area contributed by atoms with E-state index in [0.717, 1.165) is 29.5 Å². The van der Waals surface area contributed by atoms with Crippen molar-refractivity contribution >= 4 is 18.0 Å². The van der Waals surface area contributed by atoms with Gasteiger partial charge in [0.2, 0.25) is 0 Å². The highest BCUT2D eigenvalue weighted by Crippen LogP contribution is 2.35. The van der Waals surface area contributed by atoms with Crippen molar-refractivity contribution in [1.82, 2.24) is 15.2 Å². The van der Waals surface area contributed by atoms with Crippen LogP contribution in [0.3, 0.4) is 0 Å². The predicted molar refractivity (Wildman–Crippen MR) is 161 cm³/mol. The van der Waals surface area contributed by atoms with Crippen LogP contribution >= 0.6 is 0 Å². The number of likely N-dealkylation sites (tertiary alicyclic amines) is 1. The lowest BCUT2D eigenvalue weighted by Crippen LogP contribution is -2.46. The molecule has 2 atom stereocenters. The van der Waals surface area contributed by atoms with E-state index in [4.69, 9.17) is 9.47 Å². The lowest BCUT2D eigenvalue weighted by atomic mass is 9.79. The van der Waals surface area contributed by atoms with Crippen LogP contribution in [0.2, 0.25) is 0 Å². The van der Waals surface area contributed by atoms with Gasteiger partial charge in [-0.2, -0.15) is 0 Å². The summed E-state index contributed by atoms with van der Waals surface area (Å²) in [5.41, 5.74) is 4.06.